The van der Waals surface area contributed by atoms with Gasteiger partial charge in [-0.15, -0.1) is 11.8 Å². The highest BCUT2D eigenvalue weighted by Gasteiger charge is 2.25. The molecule has 1 saturated heterocycles. The molecule has 0 radical (unpaired) electrons. The van der Waals surface area contributed by atoms with Gasteiger partial charge in [0.05, 0.1) is 5.69 Å². The number of rotatable bonds is 7. The maximum atomic E-state index is 5.25. The van der Waals surface area contributed by atoms with E-state index in [1.807, 2.05) is 25.6 Å². The predicted octanol–water partition coefficient (Wildman–Crippen LogP) is 3.91. The minimum absolute atomic E-state index is 0.710. The number of aliphatic imine (C=N–C) groups is 1. The molecule has 1 aromatic carbocycles. The first-order valence-electron chi connectivity index (χ1n) is 9.80. The first-order chi connectivity index (χ1) is 13.2. The maximum absolute atomic E-state index is 5.25. The van der Waals surface area contributed by atoms with Gasteiger partial charge in [0.25, 0.3) is 0 Å². The van der Waals surface area contributed by atoms with E-state index in [0.29, 0.717) is 5.92 Å². The van der Waals surface area contributed by atoms with Gasteiger partial charge < -0.3 is 14.7 Å². The molecule has 27 heavy (non-hydrogen) atoms. The molecule has 2 heterocycles. The molecule has 1 unspecified atom stereocenters. The number of likely N-dealkylation sites (tertiary alicyclic amines) is 1. The summed E-state index contributed by atoms with van der Waals surface area (Å²) in [7, 11) is 0. The van der Waals surface area contributed by atoms with Gasteiger partial charge in [-0.2, -0.15) is 0 Å². The smallest absolute Gasteiger partial charge is 0.193 e. The van der Waals surface area contributed by atoms with E-state index in [9.17, 15) is 0 Å². The van der Waals surface area contributed by atoms with Gasteiger partial charge in [0.1, 0.15) is 5.76 Å². The van der Waals surface area contributed by atoms with Crippen LogP contribution < -0.4 is 5.32 Å². The molecule has 1 aliphatic heterocycles. The number of benzene rings is 1. The molecular formula is C21H30N4OS. The first kappa shape index (κ1) is 19.8. The minimum atomic E-state index is 0.710. The topological polar surface area (TPSA) is 53.7 Å². The highest BCUT2D eigenvalue weighted by molar-refractivity contribution is 7.99. The molecule has 146 valence electrons. The van der Waals surface area contributed by atoms with Crippen LogP contribution in [-0.4, -0.2) is 47.9 Å². The number of hydrogen-bond acceptors (Lipinski definition) is 4. The molecule has 0 aliphatic carbocycles. The SMILES string of the molecule is CCNC(=NCCc1c(C)noc1C)N1CCC(CSc2ccccc2)C1. The number of hydrogen-bond donors (Lipinski definition) is 1. The molecular weight excluding hydrogens is 356 g/mol. The zero-order chi connectivity index (χ0) is 19.1. The standard InChI is InChI=1S/C21H30N4OS/c1-4-22-21(23-12-10-20-16(2)24-26-17(20)3)25-13-11-18(14-25)15-27-19-8-6-5-7-9-19/h5-9,18H,4,10-15H2,1-3H3,(H,22,23). The van der Waals surface area contributed by atoms with Crippen molar-refractivity contribution in [2.24, 2.45) is 10.9 Å². The number of aromatic nitrogens is 1. The Morgan fingerprint density at radius 1 is 1.33 bits per heavy atom. The summed E-state index contributed by atoms with van der Waals surface area (Å²) < 4.78 is 5.25. The van der Waals surface area contributed by atoms with Crippen molar-refractivity contribution in [3.63, 3.8) is 0 Å². The van der Waals surface area contributed by atoms with Crippen molar-refractivity contribution in [3.05, 3.63) is 47.3 Å². The van der Waals surface area contributed by atoms with Crippen LogP contribution in [0.2, 0.25) is 0 Å². The molecule has 6 heteroatoms. The normalized spacial score (nSPS) is 17.5. The zero-order valence-corrected chi connectivity index (χ0v) is 17.4. The van der Waals surface area contributed by atoms with E-state index in [2.05, 4.69) is 52.6 Å². The number of nitrogens with zero attached hydrogens (tertiary/aromatic N) is 3. The summed E-state index contributed by atoms with van der Waals surface area (Å²) in [6.45, 7) is 9.90. The second-order valence-electron chi connectivity index (χ2n) is 7.01. The summed E-state index contributed by atoms with van der Waals surface area (Å²) in [4.78, 5) is 8.63. The van der Waals surface area contributed by atoms with Crippen LogP contribution in [0.1, 0.15) is 30.4 Å². The van der Waals surface area contributed by atoms with Crippen LogP contribution >= 0.6 is 11.8 Å². The highest BCUT2D eigenvalue weighted by Crippen LogP contribution is 2.26. The fraction of sp³-hybridized carbons (Fsp3) is 0.524. The second kappa shape index (κ2) is 9.83. The predicted molar refractivity (Wildman–Crippen MR) is 113 cm³/mol. The Bertz CT molecular complexity index is 724. The van der Waals surface area contributed by atoms with Gasteiger partial charge in [-0.25, -0.2) is 0 Å². The molecule has 1 aromatic heterocycles. The number of thioether (sulfide) groups is 1. The summed E-state index contributed by atoms with van der Waals surface area (Å²) in [5.41, 5.74) is 2.17. The van der Waals surface area contributed by atoms with Crippen molar-refractivity contribution in [3.8, 4) is 0 Å². The Hall–Kier alpha value is -1.95. The largest absolute Gasteiger partial charge is 0.361 e. The maximum Gasteiger partial charge on any atom is 0.193 e. The average Bonchev–Trinajstić information content (AvgIpc) is 3.28. The number of guanidine groups is 1. The molecule has 2 aromatic rings. The molecule has 1 atom stereocenters. The summed E-state index contributed by atoms with van der Waals surface area (Å²) >= 11 is 1.96. The van der Waals surface area contributed by atoms with Gasteiger partial charge in [-0.3, -0.25) is 4.99 Å². The minimum Gasteiger partial charge on any atom is -0.361 e. The number of nitrogens with one attached hydrogen (secondary N) is 1. The number of aryl methyl sites for hydroxylation is 2. The molecule has 1 aliphatic rings. The lowest BCUT2D eigenvalue weighted by Crippen LogP contribution is -2.40. The fourth-order valence-electron chi connectivity index (χ4n) is 3.45. The Morgan fingerprint density at radius 2 is 2.15 bits per heavy atom. The summed E-state index contributed by atoms with van der Waals surface area (Å²) in [6, 6.07) is 10.7. The lowest BCUT2D eigenvalue weighted by Gasteiger charge is -2.21. The van der Waals surface area contributed by atoms with Gasteiger partial charge in [-0.1, -0.05) is 23.4 Å². The third-order valence-corrected chi connectivity index (χ3v) is 6.20. The van der Waals surface area contributed by atoms with Crippen molar-refractivity contribution < 1.29 is 4.52 Å². The third kappa shape index (κ3) is 5.51. The van der Waals surface area contributed by atoms with Crippen molar-refractivity contribution in [1.82, 2.24) is 15.4 Å². The van der Waals surface area contributed by atoms with Gasteiger partial charge in [0, 0.05) is 42.4 Å². The van der Waals surface area contributed by atoms with E-state index in [1.54, 1.807) is 0 Å². The lowest BCUT2D eigenvalue weighted by molar-refractivity contribution is 0.392. The van der Waals surface area contributed by atoms with Crippen LogP contribution in [0.15, 0.2) is 44.7 Å². The summed E-state index contributed by atoms with van der Waals surface area (Å²) in [5, 5.41) is 7.49. The van der Waals surface area contributed by atoms with E-state index in [4.69, 9.17) is 9.52 Å². The molecule has 0 spiro atoms. The van der Waals surface area contributed by atoms with Gasteiger partial charge >= 0.3 is 0 Å². The molecule has 0 saturated carbocycles. The Labute approximate surface area is 166 Å². The van der Waals surface area contributed by atoms with Crippen LogP contribution in [0.5, 0.6) is 0 Å². The van der Waals surface area contributed by atoms with Gasteiger partial charge in [-0.05, 0) is 51.7 Å². The summed E-state index contributed by atoms with van der Waals surface area (Å²) in [5.74, 6) is 3.82. The average molecular weight is 387 g/mol. The molecule has 1 N–H and O–H groups in total. The fourth-order valence-corrected chi connectivity index (χ4v) is 4.50. The van der Waals surface area contributed by atoms with Gasteiger partial charge in [0.2, 0.25) is 0 Å². The molecule has 0 bridgehead atoms. The van der Waals surface area contributed by atoms with E-state index in [1.165, 1.54) is 22.6 Å². The Kier molecular flexibility index (Phi) is 7.21. The Balaban J connectivity index is 1.52. The van der Waals surface area contributed by atoms with E-state index in [-0.39, 0.29) is 0 Å². The lowest BCUT2D eigenvalue weighted by atomic mass is 10.1. The molecule has 1 fully saturated rings. The van der Waals surface area contributed by atoms with Crippen LogP contribution in [0.25, 0.3) is 0 Å². The van der Waals surface area contributed by atoms with E-state index >= 15 is 0 Å². The van der Waals surface area contributed by atoms with Crippen molar-refractivity contribution in [2.75, 3.05) is 31.9 Å². The van der Waals surface area contributed by atoms with E-state index < -0.39 is 0 Å². The summed E-state index contributed by atoms with van der Waals surface area (Å²) in [6.07, 6.45) is 2.10. The highest BCUT2D eigenvalue weighted by atomic mass is 32.2. The Morgan fingerprint density at radius 3 is 2.85 bits per heavy atom. The van der Waals surface area contributed by atoms with Crippen molar-refractivity contribution in [2.45, 2.75) is 38.5 Å². The van der Waals surface area contributed by atoms with Gasteiger partial charge in [0.15, 0.2) is 5.96 Å². The van der Waals surface area contributed by atoms with Crippen LogP contribution in [0.4, 0.5) is 0 Å². The van der Waals surface area contributed by atoms with Crippen molar-refractivity contribution in [1.29, 1.82) is 0 Å². The van der Waals surface area contributed by atoms with E-state index in [0.717, 1.165) is 50.0 Å². The van der Waals surface area contributed by atoms with Crippen LogP contribution in [0.3, 0.4) is 0 Å². The third-order valence-electron chi connectivity index (χ3n) is 4.95. The molecule has 3 rings (SSSR count). The first-order valence-corrected chi connectivity index (χ1v) is 10.8. The monoisotopic (exact) mass is 386 g/mol. The molecule has 5 nitrogen and oxygen atoms in total. The second-order valence-corrected chi connectivity index (χ2v) is 8.11. The molecule has 0 amide bonds. The van der Waals surface area contributed by atoms with Crippen LogP contribution in [0, 0.1) is 19.8 Å². The zero-order valence-electron chi connectivity index (χ0n) is 16.6. The van der Waals surface area contributed by atoms with Crippen LogP contribution in [-0.2, 0) is 6.42 Å². The van der Waals surface area contributed by atoms with Crippen molar-refractivity contribution >= 4 is 17.7 Å². The quantitative estimate of drug-likeness (QED) is 0.444.